The normalized spacial score (nSPS) is 17.2. The predicted octanol–water partition coefficient (Wildman–Crippen LogP) is 5.08. The molecule has 0 aliphatic carbocycles. The molecule has 8 heteroatoms. The maximum absolute atomic E-state index is 13.2. The van der Waals surface area contributed by atoms with Gasteiger partial charge in [0.25, 0.3) is 5.91 Å². The number of aliphatic imine (C=N–C) groups is 1. The van der Waals surface area contributed by atoms with Crippen molar-refractivity contribution in [2.75, 3.05) is 26.7 Å². The summed E-state index contributed by atoms with van der Waals surface area (Å²) in [5.41, 5.74) is 3.14. The summed E-state index contributed by atoms with van der Waals surface area (Å²) in [6.07, 6.45) is 1.58. The van der Waals surface area contributed by atoms with Crippen LogP contribution in [0.2, 0.25) is 5.15 Å². The van der Waals surface area contributed by atoms with Crippen LogP contribution in [0.5, 0.6) is 17.2 Å². The zero-order valence-electron chi connectivity index (χ0n) is 19.3. The maximum atomic E-state index is 13.2. The summed E-state index contributed by atoms with van der Waals surface area (Å²) in [5, 5.41) is 0.223. The number of pyridine rings is 1. The number of carbonyl (C=O) groups is 1. The van der Waals surface area contributed by atoms with Crippen LogP contribution in [0.1, 0.15) is 28.4 Å². The van der Waals surface area contributed by atoms with Crippen molar-refractivity contribution in [3.63, 3.8) is 0 Å². The Hall–Kier alpha value is -3.58. The molecule has 2 aliphatic rings. The number of piperazine rings is 1. The number of methoxy groups -OCH3 is 1. The second kappa shape index (κ2) is 8.99. The number of aryl methyl sites for hydroxylation is 1. The van der Waals surface area contributed by atoms with E-state index in [0.29, 0.717) is 25.2 Å². The number of hydrogen-bond donors (Lipinski definition) is 0. The molecule has 3 aromatic rings. The summed E-state index contributed by atoms with van der Waals surface area (Å²) < 4.78 is 11.8. The number of halogens is 1. The van der Waals surface area contributed by atoms with Gasteiger partial charge in [0.15, 0.2) is 5.75 Å². The molecule has 174 valence electrons. The van der Waals surface area contributed by atoms with E-state index in [1.807, 2.05) is 55.1 Å². The molecular formula is C26H25ClN4O3. The molecule has 34 heavy (non-hydrogen) atoms. The first-order valence-corrected chi connectivity index (χ1v) is 11.5. The van der Waals surface area contributed by atoms with Crippen LogP contribution < -0.4 is 9.47 Å². The van der Waals surface area contributed by atoms with Gasteiger partial charge in [0, 0.05) is 31.9 Å². The van der Waals surface area contributed by atoms with Gasteiger partial charge >= 0.3 is 0 Å². The maximum Gasteiger partial charge on any atom is 0.257 e. The summed E-state index contributed by atoms with van der Waals surface area (Å²) in [6.45, 7) is 5.82. The average Bonchev–Trinajstić information content (AvgIpc) is 2.99. The van der Waals surface area contributed by atoms with Crippen molar-refractivity contribution in [1.82, 2.24) is 14.8 Å². The van der Waals surface area contributed by atoms with E-state index in [9.17, 15) is 4.79 Å². The fourth-order valence-corrected chi connectivity index (χ4v) is 4.58. The lowest BCUT2D eigenvalue weighted by Gasteiger charge is -2.41. The van der Waals surface area contributed by atoms with Crippen molar-refractivity contribution < 1.29 is 14.3 Å². The molecule has 1 amide bonds. The van der Waals surface area contributed by atoms with Gasteiger partial charge in [-0.05, 0) is 61.9 Å². The van der Waals surface area contributed by atoms with E-state index in [2.05, 4.69) is 9.88 Å². The quantitative estimate of drug-likeness (QED) is 0.482. The first-order valence-electron chi connectivity index (χ1n) is 11.2. The molecule has 1 atom stereocenters. The standard InChI is InChI=1S/C26H25ClN4O3/c1-16-6-8-21-23(13-16)34-22-9-7-18(33-3)14-20(22)25(29-21)30-11-12-31(17(2)15-30)26(32)19-5-4-10-28-24(19)27/h4-10,13-14,17H,11-12,15H2,1-3H3/t17-/m1/s1. The SMILES string of the molecule is COc1ccc2c(c1)C(N1CCN(C(=O)c3cccnc3Cl)[C@H](C)C1)=Nc1ccc(C)cc1O2. The van der Waals surface area contributed by atoms with E-state index < -0.39 is 0 Å². The number of amides is 1. The summed E-state index contributed by atoms with van der Waals surface area (Å²) in [4.78, 5) is 26.3. The molecular weight excluding hydrogens is 452 g/mol. The predicted molar refractivity (Wildman–Crippen MR) is 132 cm³/mol. The van der Waals surface area contributed by atoms with Gasteiger partial charge < -0.3 is 19.3 Å². The van der Waals surface area contributed by atoms with Gasteiger partial charge in [-0.2, -0.15) is 0 Å². The fraction of sp³-hybridized carbons (Fsp3) is 0.269. The second-order valence-corrected chi connectivity index (χ2v) is 8.86. The third-order valence-electron chi connectivity index (χ3n) is 6.17. The van der Waals surface area contributed by atoms with E-state index in [1.165, 1.54) is 0 Å². The van der Waals surface area contributed by atoms with Crippen molar-refractivity contribution in [3.8, 4) is 17.2 Å². The van der Waals surface area contributed by atoms with Crippen LogP contribution in [0, 0.1) is 6.92 Å². The molecule has 5 rings (SSSR count). The van der Waals surface area contributed by atoms with Gasteiger partial charge in [-0.3, -0.25) is 4.79 Å². The number of rotatable bonds is 2. The van der Waals surface area contributed by atoms with Gasteiger partial charge in [-0.15, -0.1) is 0 Å². The highest BCUT2D eigenvalue weighted by atomic mass is 35.5. The molecule has 0 radical (unpaired) electrons. The lowest BCUT2D eigenvalue weighted by Crippen LogP contribution is -2.55. The van der Waals surface area contributed by atoms with Crippen LogP contribution in [-0.4, -0.2) is 59.3 Å². The molecule has 0 saturated carbocycles. The Bertz CT molecular complexity index is 1290. The van der Waals surface area contributed by atoms with E-state index >= 15 is 0 Å². The van der Waals surface area contributed by atoms with E-state index in [-0.39, 0.29) is 17.1 Å². The number of carbonyl (C=O) groups excluding carboxylic acids is 1. The highest BCUT2D eigenvalue weighted by Crippen LogP contribution is 2.40. The Morgan fingerprint density at radius 3 is 2.76 bits per heavy atom. The summed E-state index contributed by atoms with van der Waals surface area (Å²) in [7, 11) is 1.64. The van der Waals surface area contributed by atoms with E-state index in [0.717, 1.165) is 39.9 Å². The van der Waals surface area contributed by atoms with Crippen LogP contribution in [0.25, 0.3) is 0 Å². The average molecular weight is 477 g/mol. The minimum atomic E-state index is -0.112. The Labute approximate surface area is 203 Å². The van der Waals surface area contributed by atoms with Gasteiger partial charge in [0.1, 0.15) is 28.2 Å². The molecule has 1 aromatic heterocycles. The zero-order chi connectivity index (χ0) is 23.8. The van der Waals surface area contributed by atoms with Crippen molar-refractivity contribution in [3.05, 3.63) is 76.6 Å². The van der Waals surface area contributed by atoms with Gasteiger partial charge in [0.05, 0.1) is 18.2 Å². The summed E-state index contributed by atoms with van der Waals surface area (Å²) >= 11 is 6.18. The molecule has 1 saturated heterocycles. The molecule has 0 bridgehead atoms. The molecule has 1 fully saturated rings. The van der Waals surface area contributed by atoms with E-state index in [1.54, 1.807) is 25.4 Å². The van der Waals surface area contributed by atoms with Gasteiger partial charge in [0.2, 0.25) is 0 Å². The number of nitrogens with zero attached hydrogens (tertiary/aromatic N) is 4. The van der Waals surface area contributed by atoms with E-state index in [4.69, 9.17) is 26.1 Å². The topological polar surface area (TPSA) is 67.3 Å². The minimum Gasteiger partial charge on any atom is -0.497 e. The third kappa shape index (κ3) is 4.07. The molecule has 7 nitrogen and oxygen atoms in total. The zero-order valence-corrected chi connectivity index (χ0v) is 20.0. The van der Waals surface area contributed by atoms with Crippen LogP contribution in [-0.2, 0) is 0 Å². The lowest BCUT2D eigenvalue weighted by molar-refractivity contribution is 0.0581. The Balaban J connectivity index is 1.49. The molecule has 0 unspecified atom stereocenters. The molecule has 2 aromatic carbocycles. The number of aromatic nitrogens is 1. The highest BCUT2D eigenvalue weighted by Gasteiger charge is 2.33. The summed E-state index contributed by atoms with van der Waals surface area (Å²) in [5.74, 6) is 2.85. The number of amidine groups is 1. The Kier molecular flexibility index (Phi) is 5.87. The largest absolute Gasteiger partial charge is 0.497 e. The number of ether oxygens (including phenoxy) is 2. The first-order chi connectivity index (χ1) is 16.4. The monoisotopic (exact) mass is 476 g/mol. The van der Waals surface area contributed by atoms with Crippen molar-refractivity contribution in [2.24, 2.45) is 4.99 Å². The smallest absolute Gasteiger partial charge is 0.257 e. The molecule has 0 spiro atoms. The van der Waals surface area contributed by atoms with Crippen LogP contribution in [0.3, 0.4) is 0 Å². The molecule has 3 heterocycles. The second-order valence-electron chi connectivity index (χ2n) is 8.51. The number of hydrogen-bond acceptors (Lipinski definition) is 6. The minimum absolute atomic E-state index is 0.0593. The van der Waals surface area contributed by atoms with Crippen molar-refractivity contribution >= 4 is 29.0 Å². The van der Waals surface area contributed by atoms with Crippen LogP contribution in [0.15, 0.2) is 59.7 Å². The third-order valence-corrected chi connectivity index (χ3v) is 6.47. The molecule has 0 N–H and O–H groups in total. The van der Waals surface area contributed by atoms with Crippen molar-refractivity contribution in [2.45, 2.75) is 19.9 Å². The van der Waals surface area contributed by atoms with Crippen molar-refractivity contribution in [1.29, 1.82) is 0 Å². The highest BCUT2D eigenvalue weighted by molar-refractivity contribution is 6.32. The van der Waals surface area contributed by atoms with Gasteiger partial charge in [-0.25, -0.2) is 9.98 Å². The number of fused-ring (bicyclic) bond motifs is 2. The van der Waals surface area contributed by atoms with Crippen LogP contribution in [0.4, 0.5) is 5.69 Å². The van der Waals surface area contributed by atoms with Crippen LogP contribution >= 0.6 is 11.6 Å². The Morgan fingerprint density at radius 2 is 2.00 bits per heavy atom. The lowest BCUT2D eigenvalue weighted by atomic mass is 10.1. The molecule has 2 aliphatic heterocycles. The number of benzene rings is 2. The fourth-order valence-electron chi connectivity index (χ4n) is 4.38. The first kappa shape index (κ1) is 22.2. The summed E-state index contributed by atoms with van der Waals surface area (Å²) in [6, 6.07) is 15.1. The van der Waals surface area contributed by atoms with Gasteiger partial charge in [-0.1, -0.05) is 17.7 Å². The Morgan fingerprint density at radius 1 is 1.15 bits per heavy atom.